The lowest BCUT2D eigenvalue weighted by molar-refractivity contribution is 0.0768. The molecule has 0 aliphatic carbocycles. The predicted octanol–water partition coefficient (Wildman–Crippen LogP) is 3.42. The summed E-state index contributed by atoms with van der Waals surface area (Å²) in [5.41, 5.74) is 2.90. The first-order chi connectivity index (χ1) is 11.8. The Morgan fingerprint density at radius 3 is 2.12 bits per heavy atom. The maximum Gasteiger partial charge on any atom is 0.276 e. The van der Waals surface area contributed by atoms with E-state index in [1.807, 2.05) is 74.5 Å². The molecule has 122 valence electrons. The number of aromatic nitrogens is 3. The van der Waals surface area contributed by atoms with E-state index < -0.39 is 0 Å². The highest BCUT2D eigenvalue weighted by atomic mass is 16.2. The van der Waals surface area contributed by atoms with Crippen LogP contribution in [0.4, 0.5) is 0 Å². The first-order valence-electron chi connectivity index (χ1n) is 8.12. The van der Waals surface area contributed by atoms with Gasteiger partial charge in [-0.2, -0.15) is 0 Å². The summed E-state index contributed by atoms with van der Waals surface area (Å²) < 4.78 is 1.73. The molecule has 0 saturated heterocycles. The van der Waals surface area contributed by atoms with Gasteiger partial charge in [-0.3, -0.25) is 4.79 Å². The van der Waals surface area contributed by atoms with Crippen LogP contribution in [-0.4, -0.2) is 38.9 Å². The second-order valence-corrected chi connectivity index (χ2v) is 5.38. The zero-order chi connectivity index (χ0) is 16.9. The van der Waals surface area contributed by atoms with Gasteiger partial charge in [-0.15, -0.1) is 5.10 Å². The lowest BCUT2D eigenvalue weighted by Gasteiger charge is -2.18. The molecule has 3 rings (SSSR count). The second-order valence-electron chi connectivity index (χ2n) is 5.38. The van der Waals surface area contributed by atoms with Gasteiger partial charge >= 0.3 is 0 Å². The molecule has 5 heteroatoms. The van der Waals surface area contributed by atoms with Gasteiger partial charge in [-0.05, 0) is 26.0 Å². The quantitative estimate of drug-likeness (QED) is 0.724. The van der Waals surface area contributed by atoms with Crippen LogP contribution in [0.15, 0.2) is 60.7 Å². The van der Waals surface area contributed by atoms with Crippen LogP contribution in [0.5, 0.6) is 0 Å². The highest BCUT2D eigenvalue weighted by Crippen LogP contribution is 2.26. The summed E-state index contributed by atoms with van der Waals surface area (Å²) in [6.45, 7) is 5.21. The number of carbonyl (C=O) groups excluding carboxylic acids is 1. The van der Waals surface area contributed by atoms with Gasteiger partial charge in [0.2, 0.25) is 0 Å². The Bertz CT molecular complexity index is 808. The van der Waals surface area contributed by atoms with E-state index >= 15 is 0 Å². The van der Waals surface area contributed by atoms with Crippen LogP contribution in [0.2, 0.25) is 0 Å². The van der Waals surface area contributed by atoms with E-state index in [2.05, 4.69) is 10.3 Å². The second kappa shape index (κ2) is 7.08. The zero-order valence-corrected chi connectivity index (χ0v) is 13.9. The lowest BCUT2D eigenvalue weighted by Crippen LogP contribution is -2.31. The number of rotatable bonds is 5. The third kappa shape index (κ3) is 2.93. The number of hydrogen-bond acceptors (Lipinski definition) is 3. The fourth-order valence-corrected chi connectivity index (χ4v) is 2.69. The van der Waals surface area contributed by atoms with E-state index in [1.54, 1.807) is 9.58 Å². The molecule has 1 amide bonds. The normalized spacial score (nSPS) is 10.6. The van der Waals surface area contributed by atoms with Crippen molar-refractivity contribution >= 4 is 5.91 Å². The fraction of sp³-hybridized carbons (Fsp3) is 0.211. The van der Waals surface area contributed by atoms with E-state index in [0.29, 0.717) is 18.8 Å². The standard InChI is InChI=1S/C19H20N4O/c1-3-22(4-2)19(24)17-18(15-11-7-5-8-12-15)23(21-20-17)16-13-9-6-10-14-16/h5-14H,3-4H2,1-2H3. The molecule has 5 nitrogen and oxygen atoms in total. The summed E-state index contributed by atoms with van der Waals surface area (Å²) in [5.74, 6) is -0.0963. The third-order valence-electron chi connectivity index (χ3n) is 3.97. The minimum absolute atomic E-state index is 0.0963. The molecule has 0 fully saturated rings. The van der Waals surface area contributed by atoms with Crippen molar-refractivity contribution in [2.75, 3.05) is 13.1 Å². The van der Waals surface area contributed by atoms with Crippen molar-refractivity contribution < 1.29 is 4.79 Å². The average Bonchev–Trinajstić information content (AvgIpc) is 3.09. The zero-order valence-electron chi connectivity index (χ0n) is 13.9. The van der Waals surface area contributed by atoms with Crippen LogP contribution in [-0.2, 0) is 0 Å². The topological polar surface area (TPSA) is 51.0 Å². The maximum absolute atomic E-state index is 12.9. The largest absolute Gasteiger partial charge is 0.338 e. The van der Waals surface area contributed by atoms with Crippen molar-refractivity contribution in [2.24, 2.45) is 0 Å². The molecular weight excluding hydrogens is 300 g/mol. The fourth-order valence-electron chi connectivity index (χ4n) is 2.69. The van der Waals surface area contributed by atoms with Crippen molar-refractivity contribution in [3.8, 4) is 16.9 Å². The maximum atomic E-state index is 12.9. The Morgan fingerprint density at radius 1 is 0.958 bits per heavy atom. The Labute approximate surface area is 141 Å². The van der Waals surface area contributed by atoms with Crippen molar-refractivity contribution in [1.29, 1.82) is 0 Å². The van der Waals surface area contributed by atoms with Crippen LogP contribution in [0, 0.1) is 0 Å². The third-order valence-corrected chi connectivity index (χ3v) is 3.97. The molecule has 1 aromatic heterocycles. The number of amides is 1. The molecule has 1 heterocycles. The number of nitrogens with zero attached hydrogens (tertiary/aromatic N) is 4. The van der Waals surface area contributed by atoms with Crippen molar-refractivity contribution in [3.63, 3.8) is 0 Å². The molecule has 24 heavy (non-hydrogen) atoms. The van der Waals surface area contributed by atoms with Gasteiger partial charge in [0, 0.05) is 18.7 Å². The summed E-state index contributed by atoms with van der Waals surface area (Å²) in [7, 11) is 0. The van der Waals surface area contributed by atoms with E-state index in [1.165, 1.54) is 0 Å². The van der Waals surface area contributed by atoms with Gasteiger partial charge in [0.05, 0.1) is 5.69 Å². The molecule has 0 aliphatic heterocycles. The summed E-state index contributed by atoms with van der Waals surface area (Å²) >= 11 is 0. The molecule has 0 atom stereocenters. The van der Waals surface area contributed by atoms with Crippen LogP contribution >= 0.6 is 0 Å². The highest BCUT2D eigenvalue weighted by molar-refractivity contribution is 5.98. The number of hydrogen-bond donors (Lipinski definition) is 0. The molecular formula is C19H20N4O. The molecule has 0 saturated carbocycles. The van der Waals surface area contributed by atoms with Gasteiger partial charge in [-0.25, -0.2) is 4.68 Å². The smallest absolute Gasteiger partial charge is 0.276 e. The van der Waals surface area contributed by atoms with E-state index in [4.69, 9.17) is 0 Å². The van der Waals surface area contributed by atoms with Crippen molar-refractivity contribution in [2.45, 2.75) is 13.8 Å². The Balaban J connectivity index is 2.17. The SMILES string of the molecule is CCN(CC)C(=O)c1nnn(-c2ccccc2)c1-c1ccccc1. The molecule has 0 N–H and O–H groups in total. The molecule has 0 aliphatic rings. The summed E-state index contributed by atoms with van der Waals surface area (Å²) in [6, 6.07) is 19.5. The monoisotopic (exact) mass is 320 g/mol. The minimum Gasteiger partial charge on any atom is -0.338 e. The van der Waals surface area contributed by atoms with Gasteiger partial charge in [-0.1, -0.05) is 53.7 Å². The summed E-state index contributed by atoms with van der Waals surface area (Å²) in [5, 5.41) is 8.46. The number of para-hydroxylation sites is 1. The lowest BCUT2D eigenvalue weighted by atomic mass is 10.1. The molecule has 3 aromatic rings. The van der Waals surface area contributed by atoms with Gasteiger partial charge in [0.15, 0.2) is 5.69 Å². The van der Waals surface area contributed by atoms with Crippen molar-refractivity contribution in [1.82, 2.24) is 19.9 Å². The van der Waals surface area contributed by atoms with E-state index in [-0.39, 0.29) is 5.91 Å². The molecule has 0 radical (unpaired) electrons. The van der Waals surface area contributed by atoms with Crippen LogP contribution in [0.25, 0.3) is 16.9 Å². The summed E-state index contributed by atoms with van der Waals surface area (Å²) in [6.07, 6.45) is 0. The Morgan fingerprint density at radius 2 is 1.54 bits per heavy atom. The Kier molecular flexibility index (Phi) is 4.70. The molecule has 0 bridgehead atoms. The van der Waals surface area contributed by atoms with Gasteiger partial charge in [0.1, 0.15) is 5.69 Å². The average molecular weight is 320 g/mol. The molecule has 0 unspecified atom stereocenters. The first kappa shape index (κ1) is 15.9. The number of benzene rings is 2. The minimum atomic E-state index is -0.0963. The van der Waals surface area contributed by atoms with Crippen LogP contribution in [0.1, 0.15) is 24.3 Å². The summed E-state index contributed by atoms with van der Waals surface area (Å²) in [4.78, 5) is 14.6. The first-order valence-corrected chi connectivity index (χ1v) is 8.12. The Hall–Kier alpha value is -2.95. The highest BCUT2D eigenvalue weighted by Gasteiger charge is 2.24. The van der Waals surface area contributed by atoms with Crippen LogP contribution < -0.4 is 0 Å². The van der Waals surface area contributed by atoms with Crippen LogP contribution in [0.3, 0.4) is 0 Å². The predicted molar refractivity (Wildman–Crippen MR) is 94.0 cm³/mol. The molecule has 2 aromatic carbocycles. The van der Waals surface area contributed by atoms with E-state index in [9.17, 15) is 4.79 Å². The molecule has 0 spiro atoms. The van der Waals surface area contributed by atoms with Gasteiger partial charge < -0.3 is 4.90 Å². The van der Waals surface area contributed by atoms with Crippen molar-refractivity contribution in [3.05, 3.63) is 66.4 Å². The number of carbonyl (C=O) groups is 1. The van der Waals surface area contributed by atoms with Gasteiger partial charge in [0.25, 0.3) is 5.91 Å². The van der Waals surface area contributed by atoms with E-state index in [0.717, 1.165) is 16.9 Å².